The number of hydrogen-bond acceptors (Lipinski definition) is 3. The van der Waals surface area contributed by atoms with E-state index in [4.69, 9.17) is 10.00 Å². The lowest BCUT2D eigenvalue weighted by atomic mass is 10.1. The third-order valence-corrected chi connectivity index (χ3v) is 2.97. The highest BCUT2D eigenvalue weighted by Gasteiger charge is 2.26. The highest BCUT2D eigenvalue weighted by molar-refractivity contribution is 5.94. The largest absolute Gasteiger partial charge is 0.372 e. The third kappa shape index (κ3) is 2.69. The number of hydrogen-bond donors (Lipinski definition) is 0. The van der Waals surface area contributed by atoms with Gasteiger partial charge in [0.25, 0.3) is 5.91 Å². The second kappa shape index (κ2) is 5.19. The highest BCUT2D eigenvalue weighted by Crippen LogP contribution is 2.14. The maximum Gasteiger partial charge on any atom is 0.254 e. The van der Waals surface area contributed by atoms with E-state index in [-0.39, 0.29) is 18.1 Å². The average Bonchev–Trinajstić information content (AvgIpc) is 2.37. The first-order valence-electron chi connectivity index (χ1n) is 6.05. The molecule has 2 rings (SSSR count). The van der Waals surface area contributed by atoms with Crippen LogP contribution in [0.5, 0.6) is 0 Å². The van der Waals surface area contributed by atoms with Gasteiger partial charge in [0, 0.05) is 18.7 Å². The van der Waals surface area contributed by atoms with Crippen LogP contribution in [0.25, 0.3) is 0 Å². The van der Waals surface area contributed by atoms with Crippen molar-refractivity contribution in [2.75, 3.05) is 13.1 Å². The van der Waals surface area contributed by atoms with Gasteiger partial charge in [-0.15, -0.1) is 0 Å². The molecule has 1 aromatic carbocycles. The first-order valence-corrected chi connectivity index (χ1v) is 6.05. The lowest BCUT2D eigenvalue weighted by molar-refractivity contribution is -0.0586. The molecule has 18 heavy (non-hydrogen) atoms. The van der Waals surface area contributed by atoms with Gasteiger partial charge in [0.05, 0.1) is 23.8 Å². The van der Waals surface area contributed by atoms with E-state index >= 15 is 0 Å². The van der Waals surface area contributed by atoms with Crippen molar-refractivity contribution in [1.29, 1.82) is 5.26 Å². The molecule has 1 heterocycles. The van der Waals surface area contributed by atoms with E-state index in [9.17, 15) is 4.79 Å². The Morgan fingerprint density at radius 2 is 1.83 bits per heavy atom. The third-order valence-electron chi connectivity index (χ3n) is 2.97. The summed E-state index contributed by atoms with van der Waals surface area (Å²) in [4.78, 5) is 14.1. The zero-order chi connectivity index (χ0) is 13.1. The van der Waals surface area contributed by atoms with Crippen molar-refractivity contribution in [3.8, 4) is 6.07 Å². The molecule has 1 aliphatic rings. The van der Waals surface area contributed by atoms with E-state index in [2.05, 4.69) is 0 Å². The Kier molecular flexibility index (Phi) is 3.63. The Hall–Kier alpha value is -1.86. The van der Waals surface area contributed by atoms with Crippen LogP contribution < -0.4 is 0 Å². The van der Waals surface area contributed by atoms with E-state index in [1.165, 1.54) is 0 Å². The van der Waals surface area contributed by atoms with Crippen LogP contribution in [0.3, 0.4) is 0 Å². The fourth-order valence-electron chi connectivity index (χ4n) is 2.21. The van der Waals surface area contributed by atoms with Crippen LogP contribution in [-0.2, 0) is 4.74 Å². The molecular weight excluding hydrogens is 228 g/mol. The van der Waals surface area contributed by atoms with Crippen LogP contribution in [0.1, 0.15) is 29.8 Å². The summed E-state index contributed by atoms with van der Waals surface area (Å²) in [5.41, 5.74) is 1.19. The summed E-state index contributed by atoms with van der Waals surface area (Å²) < 4.78 is 5.60. The van der Waals surface area contributed by atoms with Crippen molar-refractivity contribution >= 4 is 5.91 Å². The summed E-state index contributed by atoms with van der Waals surface area (Å²) in [6.45, 7) is 5.16. The van der Waals surface area contributed by atoms with Crippen LogP contribution in [-0.4, -0.2) is 36.1 Å². The molecule has 1 aromatic rings. The van der Waals surface area contributed by atoms with Gasteiger partial charge in [-0.25, -0.2) is 0 Å². The number of carbonyl (C=O) groups is 1. The minimum Gasteiger partial charge on any atom is -0.372 e. The minimum atomic E-state index is 0.00138. The molecule has 1 aliphatic heterocycles. The monoisotopic (exact) mass is 244 g/mol. The van der Waals surface area contributed by atoms with Gasteiger partial charge >= 0.3 is 0 Å². The van der Waals surface area contributed by atoms with Gasteiger partial charge in [-0.2, -0.15) is 5.26 Å². The SMILES string of the molecule is C[C@@H]1CN(C(=O)c2ccc(C#N)cc2)C[C@H](C)O1. The smallest absolute Gasteiger partial charge is 0.254 e. The molecule has 4 nitrogen and oxygen atoms in total. The zero-order valence-corrected chi connectivity index (χ0v) is 10.6. The van der Waals surface area contributed by atoms with Crippen LogP contribution >= 0.6 is 0 Å². The lowest BCUT2D eigenvalue weighted by Crippen LogP contribution is -2.48. The summed E-state index contributed by atoms with van der Waals surface area (Å²) in [6, 6.07) is 8.78. The lowest BCUT2D eigenvalue weighted by Gasteiger charge is -2.35. The van der Waals surface area contributed by atoms with Crippen LogP contribution in [0.4, 0.5) is 0 Å². The number of ether oxygens (including phenoxy) is 1. The van der Waals surface area contributed by atoms with Crippen molar-refractivity contribution in [3.63, 3.8) is 0 Å². The van der Waals surface area contributed by atoms with Crippen LogP contribution in [0.15, 0.2) is 24.3 Å². The molecule has 0 N–H and O–H groups in total. The molecule has 0 spiro atoms. The summed E-state index contributed by atoms with van der Waals surface area (Å²) >= 11 is 0. The van der Waals surface area contributed by atoms with Gasteiger partial charge in [-0.3, -0.25) is 4.79 Å². The fourth-order valence-corrected chi connectivity index (χ4v) is 2.21. The number of nitriles is 1. The first kappa shape index (κ1) is 12.6. The predicted octanol–water partition coefficient (Wildman–Crippen LogP) is 1.81. The van der Waals surface area contributed by atoms with Gasteiger partial charge < -0.3 is 9.64 Å². The van der Waals surface area contributed by atoms with Crippen molar-refractivity contribution in [1.82, 2.24) is 4.90 Å². The van der Waals surface area contributed by atoms with Crippen LogP contribution in [0.2, 0.25) is 0 Å². The Labute approximate surface area is 107 Å². The fraction of sp³-hybridized carbons (Fsp3) is 0.429. The second-order valence-corrected chi connectivity index (χ2v) is 4.66. The molecule has 1 amide bonds. The Morgan fingerprint density at radius 3 is 2.33 bits per heavy atom. The predicted molar refractivity (Wildman–Crippen MR) is 67.1 cm³/mol. The standard InChI is InChI=1S/C14H16N2O2/c1-10-8-16(9-11(2)18-10)14(17)13-5-3-12(7-15)4-6-13/h3-6,10-11H,8-9H2,1-2H3/t10-,11+. The minimum absolute atomic E-state index is 0.00138. The van der Waals surface area contributed by atoms with E-state index in [0.29, 0.717) is 24.2 Å². The zero-order valence-electron chi connectivity index (χ0n) is 10.6. The van der Waals surface area contributed by atoms with Gasteiger partial charge in [-0.1, -0.05) is 0 Å². The van der Waals surface area contributed by atoms with E-state index in [1.54, 1.807) is 29.2 Å². The van der Waals surface area contributed by atoms with Gasteiger partial charge in [0.1, 0.15) is 0 Å². The molecule has 2 atom stereocenters. The number of benzene rings is 1. The number of carbonyl (C=O) groups excluding carboxylic acids is 1. The summed E-state index contributed by atoms with van der Waals surface area (Å²) in [6.07, 6.45) is 0.132. The summed E-state index contributed by atoms with van der Waals surface area (Å²) in [5.74, 6) is 0.00138. The summed E-state index contributed by atoms with van der Waals surface area (Å²) in [5, 5.41) is 8.72. The van der Waals surface area contributed by atoms with Crippen molar-refractivity contribution < 1.29 is 9.53 Å². The topological polar surface area (TPSA) is 53.3 Å². The number of amides is 1. The van der Waals surface area contributed by atoms with Gasteiger partial charge in [-0.05, 0) is 38.1 Å². The van der Waals surface area contributed by atoms with Crippen LogP contribution in [0, 0.1) is 11.3 Å². The molecule has 0 saturated carbocycles. The first-order chi connectivity index (χ1) is 8.60. The van der Waals surface area contributed by atoms with E-state index < -0.39 is 0 Å². The molecule has 0 aliphatic carbocycles. The quantitative estimate of drug-likeness (QED) is 0.757. The molecule has 0 bridgehead atoms. The second-order valence-electron chi connectivity index (χ2n) is 4.66. The molecule has 0 aromatic heterocycles. The number of nitrogens with zero attached hydrogens (tertiary/aromatic N) is 2. The Bertz CT molecular complexity index is 466. The maximum atomic E-state index is 12.3. The highest BCUT2D eigenvalue weighted by atomic mass is 16.5. The number of morpholine rings is 1. The van der Waals surface area contributed by atoms with E-state index in [1.807, 2.05) is 19.9 Å². The molecule has 94 valence electrons. The van der Waals surface area contributed by atoms with E-state index in [0.717, 1.165) is 0 Å². The van der Waals surface area contributed by atoms with Crippen molar-refractivity contribution in [2.24, 2.45) is 0 Å². The molecule has 0 radical (unpaired) electrons. The number of rotatable bonds is 1. The Morgan fingerprint density at radius 1 is 1.28 bits per heavy atom. The molecule has 1 fully saturated rings. The molecule has 1 saturated heterocycles. The van der Waals surface area contributed by atoms with Gasteiger partial charge in [0.15, 0.2) is 0 Å². The van der Waals surface area contributed by atoms with Gasteiger partial charge in [0.2, 0.25) is 0 Å². The normalized spacial score (nSPS) is 23.5. The maximum absolute atomic E-state index is 12.3. The molecule has 4 heteroatoms. The molecular formula is C14H16N2O2. The average molecular weight is 244 g/mol. The summed E-state index contributed by atoms with van der Waals surface area (Å²) in [7, 11) is 0. The van der Waals surface area contributed by atoms with Crippen molar-refractivity contribution in [2.45, 2.75) is 26.1 Å². The molecule has 0 unspecified atom stereocenters. The Balaban J connectivity index is 2.12. The van der Waals surface area contributed by atoms with Crippen molar-refractivity contribution in [3.05, 3.63) is 35.4 Å².